The van der Waals surface area contributed by atoms with E-state index in [1.54, 1.807) is 6.26 Å². The number of nitrogens with zero attached hydrogens (tertiary/aromatic N) is 4. The van der Waals surface area contributed by atoms with Crippen LogP contribution in [0.4, 0.5) is 5.13 Å². The summed E-state index contributed by atoms with van der Waals surface area (Å²) in [4.78, 5) is 16.7. The smallest absolute Gasteiger partial charge is 0.236 e. The van der Waals surface area contributed by atoms with Crippen molar-refractivity contribution >= 4 is 34.1 Å². The maximum Gasteiger partial charge on any atom is 0.236 e. The van der Waals surface area contributed by atoms with Crippen LogP contribution in [-0.4, -0.2) is 31.4 Å². The predicted molar refractivity (Wildman–Crippen MR) is 104 cm³/mol. The number of hydrogen-bond acceptors (Lipinski definition) is 7. The molecule has 3 rings (SSSR count). The van der Waals surface area contributed by atoms with Crippen molar-refractivity contribution in [1.82, 2.24) is 19.7 Å². The molecule has 26 heavy (non-hydrogen) atoms. The number of furan rings is 1. The van der Waals surface area contributed by atoms with Crippen LogP contribution < -0.4 is 5.32 Å². The molecule has 3 aromatic heterocycles. The van der Waals surface area contributed by atoms with Crippen LogP contribution in [-0.2, 0) is 16.8 Å². The van der Waals surface area contributed by atoms with E-state index in [9.17, 15) is 4.79 Å². The molecule has 0 atom stereocenters. The van der Waals surface area contributed by atoms with E-state index >= 15 is 0 Å². The fourth-order valence-electron chi connectivity index (χ4n) is 2.23. The predicted octanol–water partition coefficient (Wildman–Crippen LogP) is 4.04. The van der Waals surface area contributed by atoms with Gasteiger partial charge in [-0.3, -0.25) is 9.36 Å². The number of rotatable bonds is 6. The highest BCUT2D eigenvalue weighted by Gasteiger charge is 2.19. The first-order chi connectivity index (χ1) is 12.4. The summed E-state index contributed by atoms with van der Waals surface area (Å²) >= 11 is 2.78. The van der Waals surface area contributed by atoms with Gasteiger partial charge in [-0.25, -0.2) is 4.98 Å². The third kappa shape index (κ3) is 4.16. The Morgan fingerprint density at radius 1 is 1.38 bits per heavy atom. The number of anilines is 1. The van der Waals surface area contributed by atoms with Crippen molar-refractivity contribution in [3.63, 3.8) is 0 Å². The summed E-state index contributed by atoms with van der Waals surface area (Å²) in [5.74, 6) is 1.44. The zero-order chi connectivity index (χ0) is 18.7. The molecule has 1 amide bonds. The molecule has 3 aromatic rings. The molecule has 1 N–H and O–H groups in total. The number of thiazole rings is 1. The van der Waals surface area contributed by atoms with Crippen molar-refractivity contribution in [2.45, 2.75) is 44.8 Å². The van der Waals surface area contributed by atoms with Crippen molar-refractivity contribution in [3.8, 4) is 11.6 Å². The summed E-state index contributed by atoms with van der Waals surface area (Å²) in [5, 5.41) is 14.5. The maximum atomic E-state index is 12.2. The zero-order valence-corrected chi connectivity index (χ0v) is 16.8. The first-order valence-corrected chi connectivity index (χ1v) is 10.1. The van der Waals surface area contributed by atoms with Gasteiger partial charge in [-0.15, -0.1) is 21.5 Å². The quantitative estimate of drug-likeness (QED) is 0.638. The van der Waals surface area contributed by atoms with Gasteiger partial charge in [0, 0.05) is 17.3 Å². The third-order valence-electron chi connectivity index (χ3n) is 3.63. The Bertz CT molecular complexity index is 877. The van der Waals surface area contributed by atoms with Crippen LogP contribution in [0.2, 0.25) is 0 Å². The standard InChI is InChI=1S/C17H21N5O2S2/c1-5-22-14(11-7-6-8-24-11)20-21-16(22)26-10-13(23)19-15-18-12(9-25-15)17(2,3)4/h6-9H,5,10H2,1-4H3,(H,18,19,23). The van der Waals surface area contributed by atoms with E-state index in [0.29, 0.717) is 28.4 Å². The van der Waals surface area contributed by atoms with Gasteiger partial charge in [0.2, 0.25) is 5.91 Å². The van der Waals surface area contributed by atoms with Crippen LogP contribution in [0.1, 0.15) is 33.4 Å². The highest BCUT2D eigenvalue weighted by atomic mass is 32.2. The van der Waals surface area contributed by atoms with E-state index in [4.69, 9.17) is 4.42 Å². The molecule has 138 valence electrons. The van der Waals surface area contributed by atoms with Gasteiger partial charge in [0.1, 0.15) is 0 Å². The molecular formula is C17H21N5O2S2. The molecule has 0 fully saturated rings. The van der Waals surface area contributed by atoms with Crippen LogP contribution in [0, 0.1) is 0 Å². The molecule has 0 saturated heterocycles. The molecule has 0 aliphatic rings. The molecule has 0 bridgehead atoms. The van der Waals surface area contributed by atoms with E-state index in [1.165, 1.54) is 23.1 Å². The number of aromatic nitrogens is 4. The summed E-state index contributed by atoms with van der Waals surface area (Å²) in [6, 6.07) is 3.65. The lowest BCUT2D eigenvalue weighted by molar-refractivity contribution is -0.113. The second kappa shape index (κ2) is 7.63. The van der Waals surface area contributed by atoms with Gasteiger partial charge >= 0.3 is 0 Å². The molecule has 0 aromatic carbocycles. The molecule has 0 radical (unpaired) electrons. The minimum absolute atomic E-state index is 0.0337. The van der Waals surface area contributed by atoms with Gasteiger partial charge in [0.05, 0.1) is 17.7 Å². The van der Waals surface area contributed by atoms with Gasteiger partial charge < -0.3 is 9.73 Å². The fraction of sp³-hybridized carbons (Fsp3) is 0.412. The lowest BCUT2D eigenvalue weighted by Crippen LogP contribution is -2.16. The first-order valence-electron chi connectivity index (χ1n) is 8.24. The summed E-state index contributed by atoms with van der Waals surface area (Å²) < 4.78 is 7.32. The third-order valence-corrected chi connectivity index (χ3v) is 5.35. The van der Waals surface area contributed by atoms with E-state index in [1.807, 2.05) is 29.0 Å². The zero-order valence-electron chi connectivity index (χ0n) is 15.1. The molecule has 0 aliphatic heterocycles. The minimum atomic E-state index is -0.116. The minimum Gasteiger partial charge on any atom is -0.461 e. The molecule has 0 unspecified atom stereocenters. The highest BCUT2D eigenvalue weighted by Crippen LogP contribution is 2.27. The van der Waals surface area contributed by atoms with Crippen molar-refractivity contribution in [2.24, 2.45) is 0 Å². The molecule has 0 spiro atoms. The summed E-state index contributed by atoms with van der Waals surface area (Å²) in [5.41, 5.74) is 0.938. The van der Waals surface area contributed by atoms with Gasteiger partial charge in [-0.2, -0.15) is 0 Å². The lowest BCUT2D eigenvalue weighted by atomic mass is 9.93. The first kappa shape index (κ1) is 18.7. The largest absolute Gasteiger partial charge is 0.461 e. The maximum absolute atomic E-state index is 12.2. The molecule has 3 heterocycles. The second-order valence-corrected chi connectivity index (χ2v) is 8.45. The van der Waals surface area contributed by atoms with Gasteiger partial charge in [-0.05, 0) is 19.1 Å². The Labute approximate surface area is 160 Å². The Kier molecular flexibility index (Phi) is 5.47. The highest BCUT2D eigenvalue weighted by molar-refractivity contribution is 7.99. The normalized spacial score (nSPS) is 11.7. The molecular weight excluding hydrogens is 370 g/mol. The Morgan fingerprint density at radius 2 is 2.19 bits per heavy atom. The van der Waals surface area contributed by atoms with Crippen molar-refractivity contribution in [1.29, 1.82) is 0 Å². The number of hydrogen-bond donors (Lipinski definition) is 1. The number of carbonyl (C=O) groups excluding carboxylic acids is 1. The fourth-order valence-corrected chi connectivity index (χ4v) is 3.99. The lowest BCUT2D eigenvalue weighted by Gasteiger charge is -2.14. The number of amides is 1. The van der Waals surface area contributed by atoms with Gasteiger partial charge in [-0.1, -0.05) is 32.5 Å². The average molecular weight is 392 g/mol. The molecule has 9 heteroatoms. The molecule has 0 saturated carbocycles. The van der Waals surface area contributed by atoms with E-state index < -0.39 is 0 Å². The van der Waals surface area contributed by atoms with Gasteiger partial charge in [0.25, 0.3) is 0 Å². The summed E-state index contributed by atoms with van der Waals surface area (Å²) in [6.45, 7) is 8.98. The topological polar surface area (TPSA) is 85.8 Å². The van der Waals surface area contributed by atoms with E-state index in [-0.39, 0.29) is 17.1 Å². The van der Waals surface area contributed by atoms with Crippen LogP contribution in [0.5, 0.6) is 0 Å². The summed E-state index contributed by atoms with van der Waals surface area (Å²) in [6.07, 6.45) is 1.60. The van der Waals surface area contributed by atoms with Gasteiger partial charge in [0.15, 0.2) is 21.9 Å². The van der Waals surface area contributed by atoms with Crippen molar-refractivity contribution in [3.05, 3.63) is 29.5 Å². The van der Waals surface area contributed by atoms with Crippen LogP contribution in [0.3, 0.4) is 0 Å². The van der Waals surface area contributed by atoms with Crippen LogP contribution in [0.15, 0.2) is 33.3 Å². The SMILES string of the molecule is CCn1c(SCC(=O)Nc2nc(C(C)(C)C)cs2)nnc1-c1ccco1. The molecule has 0 aliphatic carbocycles. The molecule has 7 nitrogen and oxygen atoms in total. The van der Waals surface area contributed by atoms with Crippen LogP contribution in [0.25, 0.3) is 11.6 Å². The number of nitrogens with one attached hydrogen (secondary N) is 1. The Hall–Kier alpha value is -2.13. The number of carbonyl (C=O) groups is 1. The van der Waals surface area contributed by atoms with Crippen molar-refractivity contribution < 1.29 is 9.21 Å². The summed E-state index contributed by atoms with van der Waals surface area (Å²) in [7, 11) is 0. The van der Waals surface area contributed by atoms with E-state index in [0.717, 1.165) is 5.69 Å². The Morgan fingerprint density at radius 3 is 2.81 bits per heavy atom. The van der Waals surface area contributed by atoms with Crippen molar-refractivity contribution in [2.75, 3.05) is 11.1 Å². The Balaban J connectivity index is 1.62. The second-order valence-electron chi connectivity index (χ2n) is 6.65. The average Bonchev–Trinajstić information content (AvgIpc) is 3.31. The van der Waals surface area contributed by atoms with Crippen LogP contribution >= 0.6 is 23.1 Å². The number of thioether (sulfide) groups is 1. The monoisotopic (exact) mass is 391 g/mol. The van der Waals surface area contributed by atoms with E-state index in [2.05, 4.69) is 41.3 Å².